The molecule has 0 spiro atoms. The van der Waals surface area contributed by atoms with Crippen LogP contribution >= 0.6 is 0 Å². The standard InChI is InChI=1S/C22H29NO3/c1-2-3-4-5-6-7-8-9-10-13-16-19-22(23(25)26)20-17-14-11-12-15-18-21-24/h3-4,6-7,9-13,16-17,19-21H,2,5,8,14-15,18H2,1H3/b4-3+,7-6+,10-9+,12-11+,16-13+,20-17+,22-19-. The summed E-state index contributed by atoms with van der Waals surface area (Å²) in [6, 6.07) is 0. The third kappa shape index (κ3) is 16.1. The first-order valence-corrected chi connectivity index (χ1v) is 8.95. The van der Waals surface area contributed by atoms with E-state index in [1.54, 1.807) is 18.2 Å². The fourth-order valence-corrected chi connectivity index (χ4v) is 1.81. The Morgan fingerprint density at radius 1 is 0.808 bits per heavy atom. The minimum absolute atomic E-state index is 0.0403. The number of nitrogens with zero attached hydrogens (tertiary/aromatic N) is 1. The molecule has 4 nitrogen and oxygen atoms in total. The lowest BCUT2D eigenvalue weighted by molar-refractivity contribution is -0.419. The lowest BCUT2D eigenvalue weighted by Gasteiger charge is -1.89. The van der Waals surface area contributed by atoms with Crippen molar-refractivity contribution in [3.63, 3.8) is 0 Å². The smallest absolute Gasteiger partial charge is 0.269 e. The summed E-state index contributed by atoms with van der Waals surface area (Å²) in [6.07, 6.45) is 29.8. The van der Waals surface area contributed by atoms with E-state index in [0.29, 0.717) is 19.3 Å². The predicted octanol–water partition coefficient (Wildman–Crippen LogP) is 6.04. The first-order chi connectivity index (χ1) is 12.7. The summed E-state index contributed by atoms with van der Waals surface area (Å²) in [5.74, 6) is 0. The number of hydrogen-bond acceptors (Lipinski definition) is 3. The van der Waals surface area contributed by atoms with Crippen LogP contribution in [0, 0.1) is 10.1 Å². The van der Waals surface area contributed by atoms with Crippen LogP contribution in [-0.2, 0) is 4.79 Å². The molecule has 4 heteroatoms. The highest BCUT2D eigenvalue weighted by Gasteiger charge is 2.02. The zero-order chi connectivity index (χ0) is 19.3. The zero-order valence-electron chi connectivity index (χ0n) is 15.5. The monoisotopic (exact) mass is 355 g/mol. The molecular formula is C22H29NO3. The fraction of sp³-hybridized carbons (Fsp3) is 0.318. The molecule has 0 aromatic rings. The van der Waals surface area contributed by atoms with Gasteiger partial charge in [0.15, 0.2) is 0 Å². The summed E-state index contributed by atoms with van der Waals surface area (Å²) in [6.45, 7) is 2.11. The zero-order valence-corrected chi connectivity index (χ0v) is 15.5. The molecule has 0 atom stereocenters. The number of carbonyl (C=O) groups is 1. The molecule has 0 saturated heterocycles. The highest BCUT2D eigenvalue weighted by molar-refractivity contribution is 5.49. The van der Waals surface area contributed by atoms with Crippen molar-refractivity contribution in [1.82, 2.24) is 0 Å². The number of hydrogen-bond donors (Lipinski definition) is 0. The third-order valence-corrected chi connectivity index (χ3v) is 3.13. The minimum Gasteiger partial charge on any atom is -0.303 e. The van der Waals surface area contributed by atoms with Gasteiger partial charge in [-0.05, 0) is 32.1 Å². The number of carbonyl (C=O) groups excluding carboxylic acids is 1. The van der Waals surface area contributed by atoms with Crippen molar-refractivity contribution >= 4 is 6.29 Å². The molecule has 0 rings (SSSR count). The summed E-state index contributed by atoms with van der Waals surface area (Å²) >= 11 is 0. The van der Waals surface area contributed by atoms with Crippen LogP contribution in [0.3, 0.4) is 0 Å². The van der Waals surface area contributed by atoms with E-state index >= 15 is 0 Å². The van der Waals surface area contributed by atoms with Crippen molar-refractivity contribution in [2.45, 2.75) is 45.4 Å². The van der Waals surface area contributed by atoms with Gasteiger partial charge in [0.1, 0.15) is 6.29 Å². The van der Waals surface area contributed by atoms with E-state index in [-0.39, 0.29) is 5.70 Å². The second-order valence-corrected chi connectivity index (χ2v) is 5.34. The second-order valence-electron chi connectivity index (χ2n) is 5.34. The molecule has 0 radical (unpaired) electrons. The summed E-state index contributed by atoms with van der Waals surface area (Å²) in [5, 5.41) is 11.0. The molecule has 0 aliphatic heterocycles. The highest BCUT2D eigenvalue weighted by Crippen LogP contribution is 2.01. The van der Waals surface area contributed by atoms with Crippen LogP contribution in [0.5, 0.6) is 0 Å². The van der Waals surface area contributed by atoms with Gasteiger partial charge >= 0.3 is 0 Å². The van der Waals surface area contributed by atoms with Crippen LogP contribution in [0.15, 0.2) is 84.7 Å². The van der Waals surface area contributed by atoms with E-state index in [1.165, 1.54) is 12.2 Å². The number of rotatable bonds is 14. The van der Waals surface area contributed by atoms with Gasteiger partial charge in [0.2, 0.25) is 0 Å². The van der Waals surface area contributed by atoms with Crippen LogP contribution in [0.2, 0.25) is 0 Å². The first-order valence-electron chi connectivity index (χ1n) is 8.95. The quantitative estimate of drug-likeness (QED) is 0.0952. The Kier molecular flexibility index (Phi) is 16.6. The van der Waals surface area contributed by atoms with Gasteiger partial charge in [-0.15, -0.1) is 0 Å². The molecule has 0 saturated carbocycles. The molecule has 0 amide bonds. The van der Waals surface area contributed by atoms with E-state index in [2.05, 4.69) is 31.2 Å². The van der Waals surface area contributed by atoms with Crippen LogP contribution in [-0.4, -0.2) is 11.2 Å². The van der Waals surface area contributed by atoms with Crippen molar-refractivity contribution in [2.75, 3.05) is 0 Å². The normalized spacial score (nSPS) is 13.5. The van der Waals surface area contributed by atoms with E-state index in [1.807, 2.05) is 24.3 Å². The maximum atomic E-state index is 11.0. The third-order valence-electron chi connectivity index (χ3n) is 3.13. The van der Waals surface area contributed by atoms with Crippen molar-refractivity contribution in [2.24, 2.45) is 0 Å². The molecule has 140 valence electrons. The second kappa shape index (κ2) is 18.6. The molecule has 0 aliphatic carbocycles. The Balaban J connectivity index is 4.26. The van der Waals surface area contributed by atoms with Gasteiger partial charge in [0, 0.05) is 18.6 Å². The van der Waals surface area contributed by atoms with E-state index < -0.39 is 4.92 Å². The van der Waals surface area contributed by atoms with Gasteiger partial charge in [-0.2, -0.15) is 0 Å². The SMILES string of the molecule is CC/C=C/C/C=C/C/C=C/C=C/C=C(/C=C/C/C=C/CCC=O)[N+](=O)[O-]. The van der Waals surface area contributed by atoms with Crippen LogP contribution in [0.25, 0.3) is 0 Å². The predicted molar refractivity (Wildman–Crippen MR) is 109 cm³/mol. The van der Waals surface area contributed by atoms with E-state index in [4.69, 9.17) is 0 Å². The molecule has 26 heavy (non-hydrogen) atoms. The minimum atomic E-state index is -0.410. The van der Waals surface area contributed by atoms with Crippen molar-refractivity contribution in [3.05, 3.63) is 94.8 Å². The largest absolute Gasteiger partial charge is 0.303 e. The molecule has 0 N–H and O–H groups in total. The average Bonchev–Trinajstić information content (AvgIpc) is 2.63. The van der Waals surface area contributed by atoms with Gasteiger partial charge in [0.05, 0.1) is 4.92 Å². The van der Waals surface area contributed by atoms with Crippen molar-refractivity contribution in [1.29, 1.82) is 0 Å². The van der Waals surface area contributed by atoms with E-state index in [0.717, 1.165) is 25.5 Å². The lowest BCUT2D eigenvalue weighted by atomic mass is 10.2. The number of unbranched alkanes of at least 4 members (excludes halogenated alkanes) is 1. The fourth-order valence-electron chi connectivity index (χ4n) is 1.81. The molecule has 0 fully saturated rings. The molecule has 0 unspecified atom stereocenters. The average molecular weight is 355 g/mol. The Morgan fingerprint density at radius 2 is 1.46 bits per heavy atom. The van der Waals surface area contributed by atoms with Crippen molar-refractivity contribution in [3.8, 4) is 0 Å². The first kappa shape index (κ1) is 23.2. The van der Waals surface area contributed by atoms with Gasteiger partial charge in [-0.3, -0.25) is 10.1 Å². The molecule has 0 aromatic heterocycles. The van der Waals surface area contributed by atoms with Gasteiger partial charge in [-0.1, -0.05) is 73.8 Å². The molecule has 0 aliphatic rings. The van der Waals surface area contributed by atoms with Gasteiger partial charge in [-0.25, -0.2) is 0 Å². The Morgan fingerprint density at radius 3 is 2.15 bits per heavy atom. The summed E-state index contributed by atoms with van der Waals surface area (Å²) < 4.78 is 0. The summed E-state index contributed by atoms with van der Waals surface area (Å²) in [4.78, 5) is 20.7. The van der Waals surface area contributed by atoms with Crippen LogP contribution in [0.4, 0.5) is 0 Å². The molecular weight excluding hydrogens is 326 g/mol. The maximum absolute atomic E-state index is 11.0. The lowest BCUT2D eigenvalue weighted by Crippen LogP contribution is -1.94. The maximum Gasteiger partial charge on any atom is 0.269 e. The topological polar surface area (TPSA) is 60.2 Å². The molecule has 0 bridgehead atoms. The van der Waals surface area contributed by atoms with E-state index in [9.17, 15) is 14.9 Å². The number of nitro groups is 1. The molecule has 0 aromatic carbocycles. The van der Waals surface area contributed by atoms with Crippen molar-refractivity contribution < 1.29 is 9.72 Å². The Bertz CT molecular complexity index is 591. The van der Waals surface area contributed by atoms with Gasteiger partial charge < -0.3 is 4.79 Å². The van der Waals surface area contributed by atoms with Crippen LogP contribution in [0.1, 0.15) is 45.4 Å². The summed E-state index contributed by atoms with van der Waals surface area (Å²) in [7, 11) is 0. The molecule has 0 heterocycles. The van der Waals surface area contributed by atoms with Crippen LogP contribution < -0.4 is 0 Å². The Labute approximate surface area is 156 Å². The number of aldehydes is 1. The Hall–Kier alpha value is -2.75. The van der Waals surface area contributed by atoms with Gasteiger partial charge in [0.25, 0.3) is 5.70 Å². The number of allylic oxidation sites excluding steroid dienone is 13. The highest BCUT2D eigenvalue weighted by atomic mass is 16.6. The summed E-state index contributed by atoms with van der Waals surface area (Å²) in [5.41, 5.74) is 0.0403.